The molecule has 0 aliphatic heterocycles. The number of fused-ring (bicyclic) bond motifs is 3. The van der Waals surface area contributed by atoms with Crippen molar-refractivity contribution in [2.75, 3.05) is 0 Å². The Kier molecular flexibility index (Phi) is 5.20. The van der Waals surface area contributed by atoms with Gasteiger partial charge in [-0.05, 0) is 55.4 Å². The van der Waals surface area contributed by atoms with E-state index in [0.29, 0.717) is 5.56 Å². The van der Waals surface area contributed by atoms with Gasteiger partial charge in [-0.1, -0.05) is 50.8 Å². The molecule has 2 N–H and O–H groups in total. The predicted molar refractivity (Wildman–Crippen MR) is 113 cm³/mol. The third kappa shape index (κ3) is 3.47. The molecule has 0 saturated heterocycles. The molecule has 3 nitrogen and oxygen atoms in total. The number of aromatic nitrogens is 1. The summed E-state index contributed by atoms with van der Waals surface area (Å²) in [6.07, 6.45) is 10.2. The number of rotatable bonds is 6. The van der Waals surface area contributed by atoms with Gasteiger partial charge in [-0.2, -0.15) is 0 Å². The van der Waals surface area contributed by atoms with Gasteiger partial charge in [0.25, 0.3) is 0 Å². The highest BCUT2D eigenvalue weighted by Gasteiger charge is 2.20. The molecule has 1 amide bonds. The number of hydrogen-bond donors (Lipinski definition) is 1. The maximum atomic E-state index is 12.1. The van der Waals surface area contributed by atoms with Crippen molar-refractivity contribution in [2.24, 2.45) is 11.7 Å². The van der Waals surface area contributed by atoms with E-state index in [9.17, 15) is 4.79 Å². The Balaban J connectivity index is 1.89. The Morgan fingerprint density at radius 3 is 2.67 bits per heavy atom. The monoisotopic (exact) mass is 362 g/mol. The van der Waals surface area contributed by atoms with Gasteiger partial charge in [-0.3, -0.25) is 4.79 Å². The Bertz CT molecular complexity index is 963. The van der Waals surface area contributed by atoms with Crippen molar-refractivity contribution in [3.63, 3.8) is 0 Å². The Morgan fingerprint density at radius 1 is 1.11 bits per heavy atom. The Hall–Kier alpha value is -2.29. The second kappa shape index (κ2) is 7.75. The highest BCUT2D eigenvalue weighted by molar-refractivity contribution is 6.17. The van der Waals surface area contributed by atoms with Gasteiger partial charge in [0.2, 0.25) is 5.91 Å². The second-order valence-corrected chi connectivity index (χ2v) is 8.13. The van der Waals surface area contributed by atoms with Crippen LogP contribution in [0.1, 0.15) is 67.8 Å². The van der Waals surface area contributed by atoms with Crippen LogP contribution in [0.5, 0.6) is 0 Å². The maximum absolute atomic E-state index is 12.1. The molecule has 1 heterocycles. The van der Waals surface area contributed by atoms with Gasteiger partial charge >= 0.3 is 0 Å². The molecule has 0 radical (unpaired) electrons. The van der Waals surface area contributed by atoms with Crippen LogP contribution in [0.15, 0.2) is 36.4 Å². The molecular weight excluding hydrogens is 332 g/mol. The minimum Gasteiger partial charge on any atom is -0.366 e. The number of amides is 1. The van der Waals surface area contributed by atoms with Gasteiger partial charge in [-0.15, -0.1) is 0 Å². The van der Waals surface area contributed by atoms with E-state index in [1.807, 2.05) is 12.1 Å². The van der Waals surface area contributed by atoms with Crippen LogP contribution in [0.3, 0.4) is 0 Å². The van der Waals surface area contributed by atoms with Crippen LogP contribution in [-0.4, -0.2) is 10.5 Å². The molecule has 0 atom stereocenters. The standard InChI is InChI=1S/C24H30N2O/c1-2-3-8-17-13-14-19-22(15-17)26(16-18-9-5-4-6-10-18)21-12-7-11-20(23(19)21)24(25)27/h7,11-15,18H,2-6,8-10,16H2,1H3,(H2,25,27). The average Bonchev–Trinajstić information content (AvgIpc) is 3.00. The summed E-state index contributed by atoms with van der Waals surface area (Å²) >= 11 is 0. The van der Waals surface area contributed by atoms with E-state index in [0.717, 1.165) is 35.2 Å². The first-order valence-corrected chi connectivity index (χ1v) is 10.5. The summed E-state index contributed by atoms with van der Waals surface area (Å²) in [4.78, 5) is 12.1. The largest absolute Gasteiger partial charge is 0.366 e. The van der Waals surface area contributed by atoms with E-state index in [2.05, 4.69) is 35.8 Å². The molecule has 1 fully saturated rings. The highest BCUT2D eigenvalue weighted by atomic mass is 16.1. The highest BCUT2D eigenvalue weighted by Crippen LogP contribution is 2.35. The van der Waals surface area contributed by atoms with Gasteiger partial charge in [-0.25, -0.2) is 0 Å². The topological polar surface area (TPSA) is 48.0 Å². The number of aryl methyl sites for hydroxylation is 1. The third-order valence-corrected chi connectivity index (χ3v) is 6.21. The molecule has 0 bridgehead atoms. The van der Waals surface area contributed by atoms with E-state index >= 15 is 0 Å². The van der Waals surface area contributed by atoms with Crippen molar-refractivity contribution >= 4 is 27.7 Å². The van der Waals surface area contributed by atoms with Gasteiger partial charge in [0.1, 0.15) is 0 Å². The lowest BCUT2D eigenvalue weighted by Crippen LogP contribution is -2.14. The number of nitrogens with zero attached hydrogens (tertiary/aromatic N) is 1. The molecule has 0 spiro atoms. The summed E-state index contributed by atoms with van der Waals surface area (Å²) in [5, 5.41) is 2.19. The molecule has 3 aromatic rings. The fourth-order valence-corrected chi connectivity index (χ4v) is 4.76. The summed E-state index contributed by atoms with van der Waals surface area (Å²) in [7, 11) is 0. The summed E-state index contributed by atoms with van der Waals surface area (Å²) in [5.74, 6) is 0.390. The zero-order chi connectivity index (χ0) is 18.8. The normalized spacial score (nSPS) is 15.6. The SMILES string of the molecule is CCCCc1ccc2c3c(C(N)=O)cccc3n(CC3CCCCC3)c2c1. The molecule has 3 heteroatoms. The van der Waals surface area contributed by atoms with Crippen LogP contribution in [0, 0.1) is 5.92 Å². The van der Waals surface area contributed by atoms with E-state index in [1.54, 1.807) is 0 Å². The number of benzene rings is 2. The lowest BCUT2D eigenvalue weighted by molar-refractivity contribution is 0.100. The summed E-state index contributed by atoms with van der Waals surface area (Å²) in [6.45, 7) is 3.27. The van der Waals surface area contributed by atoms with Crippen LogP contribution in [-0.2, 0) is 13.0 Å². The number of carbonyl (C=O) groups excluding carboxylic acids is 1. The average molecular weight is 363 g/mol. The third-order valence-electron chi connectivity index (χ3n) is 6.21. The van der Waals surface area contributed by atoms with Crippen LogP contribution < -0.4 is 5.73 Å². The van der Waals surface area contributed by atoms with E-state index in [-0.39, 0.29) is 5.91 Å². The number of hydrogen-bond acceptors (Lipinski definition) is 1. The molecule has 1 aromatic heterocycles. The zero-order valence-corrected chi connectivity index (χ0v) is 16.3. The number of nitrogens with two attached hydrogens (primary N) is 1. The first-order chi connectivity index (χ1) is 13.2. The number of primary amides is 1. The van der Waals surface area contributed by atoms with E-state index in [4.69, 9.17) is 5.73 Å². The fourth-order valence-electron chi connectivity index (χ4n) is 4.76. The lowest BCUT2D eigenvalue weighted by atomic mass is 9.89. The number of carbonyl (C=O) groups is 1. The van der Waals surface area contributed by atoms with Crippen LogP contribution in [0.2, 0.25) is 0 Å². The first-order valence-electron chi connectivity index (χ1n) is 10.5. The van der Waals surface area contributed by atoms with Crippen molar-refractivity contribution in [3.05, 3.63) is 47.5 Å². The van der Waals surface area contributed by atoms with Gasteiger partial charge in [0.05, 0.1) is 0 Å². The van der Waals surface area contributed by atoms with Crippen LogP contribution in [0.25, 0.3) is 21.8 Å². The molecule has 27 heavy (non-hydrogen) atoms. The lowest BCUT2D eigenvalue weighted by Gasteiger charge is -2.23. The van der Waals surface area contributed by atoms with Crippen molar-refractivity contribution in [3.8, 4) is 0 Å². The predicted octanol–water partition coefficient (Wildman–Crippen LogP) is 5.82. The molecule has 1 aliphatic rings. The summed E-state index contributed by atoms with van der Waals surface area (Å²) in [6, 6.07) is 12.7. The van der Waals surface area contributed by atoms with Crippen LogP contribution >= 0.6 is 0 Å². The van der Waals surface area contributed by atoms with E-state index < -0.39 is 0 Å². The molecule has 4 rings (SSSR count). The van der Waals surface area contributed by atoms with Crippen molar-refractivity contribution in [2.45, 2.75) is 64.8 Å². The van der Waals surface area contributed by atoms with E-state index in [1.165, 1.54) is 56.0 Å². The molecule has 142 valence electrons. The molecule has 2 aromatic carbocycles. The van der Waals surface area contributed by atoms with Gasteiger partial charge in [0.15, 0.2) is 0 Å². The maximum Gasteiger partial charge on any atom is 0.249 e. The number of unbranched alkanes of at least 4 members (excludes halogenated alkanes) is 1. The second-order valence-electron chi connectivity index (χ2n) is 8.13. The minimum absolute atomic E-state index is 0.340. The molecular formula is C24H30N2O. The van der Waals surface area contributed by atoms with Crippen molar-refractivity contribution < 1.29 is 4.79 Å². The molecule has 1 aliphatic carbocycles. The molecule has 1 saturated carbocycles. The minimum atomic E-state index is -0.340. The van der Waals surface area contributed by atoms with Gasteiger partial charge < -0.3 is 10.3 Å². The van der Waals surface area contributed by atoms with Crippen LogP contribution in [0.4, 0.5) is 0 Å². The zero-order valence-electron chi connectivity index (χ0n) is 16.3. The summed E-state index contributed by atoms with van der Waals surface area (Å²) in [5.41, 5.74) is 10.2. The summed E-state index contributed by atoms with van der Waals surface area (Å²) < 4.78 is 2.46. The quantitative estimate of drug-likeness (QED) is 0.590. The van der Waals surface area contributed by atoms with Crippen molar-refractivity contribution in [1.82, 2.24) is 4.57 Å². The first kappa shape index (κ1) is 18.1. The fraction of sp³-hybridized carbons (Fsp3) is 0.458. The Labute approximate surface area is 161 Å². The van der Waals surface area contributed by atoms with Crippen molar-refractivity contribution in [1.29, 1.82) is 0 Å². The Morgan fingerprint density at radius 2 is 1.93 bits per heavy atom. The smallest absolute Gasteiger partial charge is 0.249 e. The molecule has 0 unspecified atom stereocenters. The van der Waals surface area contributed by atoms with Gasteiger partial charge in [0, 0.05) is 33.9 Å².